The lowest BCUT2D eigenvalue weighted by Crippen LogP contribution is -2.27. The molecule has 2 unspecified atom stereocenters. The minimum absolute atomic E-state index is 0.215. The van der Waals surface area contributed by atoms with Crippen LogP contribution < -0.4 is 5.32 Å². The predicted molar refractivity (Wildman–Crippen MR) is 61.4 cm³/mol. The average Bonchev–Trinajstić information content (AvgIpc) is 2.70. The molecule has 2 rings (SSSR count). The van der Waals surface area contributed by atoms with Crippen molar-refractivity contribution in [3.05, 3.63) is 35.4 Å². The Morgan fingerprint density at radius 3 is 2.71 bits per heavy atom. The van der Waals surface area contributed by atoms with E-state index in [1.54, 1.807) is 6.07 Å². The van der Waals surface area contributed by atoms with Gasteiger partial charge in [0.1, 0.15) is 0 Å². The number of hydrogen-bond acceptors (Lipinski definition) is 2. The summed E-state index contributed by atoms with van der Waals surface area (Å²) >= 11 is 0. The molecule has 94 valence electrons. The van der Waals surface area contributed by atoms with Gasteiger partial charge in [-0.1, -0.05) is 12.5 Å². The highest BCUT2D eigenvalue weighted by molar-refractivity contribution is 5.17. The molecule has 0 spiro atoms. The Bertz CT molecular complexity index is 384. The van der Waals surface area contributed by atoms with Gasteiger partial charge in [0.15, 0.2) is 11.6 Å². The first-order valence-corrected chi connectivity index (χ1v) is 5.99. The van der Waals surface area contributed by atoms with Crippen molar-refractivity contribution in [2.24, 2.45) is 5.92 Å². The third-order valence-corrected chi connectivity index (χ3v) is 3.34. The van der Waals surface area contributed by atoms with Gasteiger partial charge in [-0.25, -0.2) is 8.78 Å². The monoisotopic (exact) mass is 241 g/mol. The molecule has 2 atom stereocenters. The summed E-state index contributed by atoms with van der Waals surface area (Å²) in [5.41, 5.74) is 0.719. The Hall–Kier alpha value is -1.00. The maximum atomic E-state index is 12.9. The summed E-state index contributed by atoms with van der Waals surface area (Å²) < 4.78 is 25.6. The van der Waals surface area contributed by atoms with Crippen molar-refractivity contribution in [1.29, 1.82) is 0 Å². The molecule has 0 aromatic heterocycles. The van der Waals surface area contributed by atoms with Crippen molar-refractivity contribution in [1.82, 2.24) is 5.32 Å². The Morgan fingerprint density at radius 1 is 1.24 bits per heavy atom. The van der Waals surface area contributed by atoms with Gasteiger partial charge < -0.3 is 10.4 Å². The average molecular weight is 241 g/mol. The van der Waals surface area contributed by atoms with Crippen LogP contribution in [0.4, 0.5) is 8.78 Å². The van der Waals surface area contributed by atoms with Crippen molar-refractivity contribution in [3.63, 3.8) is 0 Å². The summed E-state index contributed by atoms with van der Waals surface area (Å²) in [6, 6.07) is 3.90. The molecule has 1 saturated carbocycles. The van der Waals surface area contributed by atoms with E-state index in [-0.39, 0.29) is 6.10 Å². The number of halogens is 2. The Kier molecular flexibility index (Phi) is 4.07. The summed E-state index contributed by atoms with van der Waals surface area (Å²) in [4.78, 5) is 0. The zero-order valence-electron chi connectivity index (χ0n) is 9.63. The minimum Gasteiger partial charge on any atom is -0.393 e. The smallest absolute Gasteiger partial charge is 0.159 e. The highest BCUT2D eigenvalue weighted by atomic mass is 19.2. The third kappa shape index (κ3) is 3.23. The molecule has 0 radical (unpaired) electrons. The Morgan fingerprint density at radius 2 is 2.06 bits per heavy atom. The van der Waals surface area contributed by atoms with E-state index in [9.17, 15) is 13.9 Å². The van der Waals surface area contributed by atoms with Crippen molar-refractivity contribution >= 4 is 0 Å². The van der Waals surface area contributed by atoms with E-state index in [0.717, 1.165) is 37.4 Å². The number of benzene rings is 1. The molecule has 0 heterocycles. The number of hydrogen-bond donors (Lipinski definition) is 2. The number of rotatable bonds is 4. The first-order valence-electron chi connectivity index (χ1n) is 5.99. The molecule has 0 bridgehead atoms. The van der Waals surface area contributed by atoms with Crippen LogP contribution in [0.3, 0.4) is 0 Å². The second kappa shape index (κ2) is 5.56. The van der Waals surface area contributed by atoms with Crippen molar-refractivity contribution in [2.45, 2.75) is 31.9 Å². The largest absolute Gasteiger partial charge is 0.393 e. The van der Waals surface area contributed by atoms with Crippen molar-refractivity contribution in [3.8, 4) is 0 Å². The van der Waals surface area contributed by atoms with E-state index in [0.29, 0.717) is 12.5 Å². The van der Waals surface area contributed by atoms with Gasteiger partial charge in [-0.05, 0) is 36.5 Å². The normalized spacial score (nSPS) is 24.2. The Labute approximate surface area is 99.7 Å². The standard InChI is InChI=1S/C13H17F2NO/c14-11-5-4-9(6-12(11)15)7-16-8-10-2-1-3-13(10)17/h4-6,10,13,16-17H,1-3,7-8H2. The lowest BCUT2D eigenvalue weighted by atomic mass is 10.1. The molecule has 0 amide bonds. The summed E-state index contributed by atoms with van der Waals surface area (Å²) in [6.07, 6.45) is 2.76. The van der Waals surface area contributed by atoms with E-state index >= 15 is 0 Å². The van der Waals surface area contributed by atoms with Crippen molar-refractivity contribution in [2.75, 3.05) is 6.54 Å². The van der Waals surface area contributed by atoms with Gasteiger partial charge in [0.05, 0.1) is 6.10 Å². The molecule has 1 aromatic rings. The highest BCUT2D eigenvalue weighted by Gasteiger charge is 2.24. The topological polar surface area (TPSA) is 32.3 Å². The lowest BCUT2D eigenvalue weighted by molar-refractivity contribution is 0.131. The van der Waals surface area contributed by atoms with Crippen LogP contribution in [-0.2, 0) is 6.54 Å². The second-order valence-corrected chi connectivity index (χ2v) is 4.64. The fourth-order valence-corrected chi connectivity index (χ4v) is 2.31. The SMILES string of the molecule is OC1CCCC1CNCc1ccc(F)c(F)c1. The molecule has 2 nitrogen and oxygen atoms in total. The van der Waals surface area contributed by atoms with Crippen LogP contribution in [0.1, 0.15) is 24.8 Å². The van der Waals surface area contributed by atoms with Crippen LogP contribution in [-0.4, -0.2) is 17.8 Å². The third-order valence-electron chi connectivity index (χ3n) is 3.34. The van der Waals surface area contributed by atoms with Gasteiger partial charge in [0, 0.05) is 13.1 Å². The number of aliphatic hydroxyl groups excluding tert-OH is 1. The first-order chi connectivity index (χ1) is 8.16. The minimum atomic E-state index is -0.819. The molecular weight excluding hydrogens is 224 g/mol. The van der Waals surface area contributed by atoms with Gasteiger partial charge in [-0.3, -0.25) is 0 Å². The molecule has 1 aromatic carbocycles. The van der Waals surface area contributed by atoms with Gasteiger partial charge in [0.2, 0.25) is 0 Å². The molecular formula is C13H17F2NO. The van der Waals surface area contributed by atoms with Crippen LogP contribution in [0.5, 0.6) is 0 Å². The quantitative estimate of drug-likeness (QED) is 0.847. The zero-order chi connectivity index (χ0) is 12.3. The molecule has 0 aliphatic heterocycles. The van der Waals surface area contributed by atoms with Gasteiger partial charge >= 0.3 is 0 Å². The van der Waals surface area contributed by atoms with Crippen LogP contribution in [0, 0.1) is 17.6 Å². The highest BCUT2D eigenvalue weighted by Crippen LogP contribution is 2.24. The summed E-state index contributed by atoms with van der Waals surface area (Å²) in [5, 5.41) is 12.8. The summed E-state index contributed by atoms with van der Waals surface area (Å²) in [5.74, 6) is -1.34. The molecule has 1 aliphatic rings. The van der Waals surface area contributed by atoms with Crippen LogP contribution in [0.15, 0.2) is 18.2 Å². The Balaban J connectivity index is 1.79. The molecule has 4 heteroatoms. The van der Waals surface area contributed by atoms with E-state index in [2.05, 4.69) is 5.32 Å². The van der Waals surface area contributed by atoms with Gasteiger partial charge in [-0.2, -0.15) is 0 Å². The van der Waals surface area contributed by atoms with Gasteiger partial charge in [-0.15, -0.1) is 0 Å². The van der Waals surface area contributed by atoms with E-state index < -0.39 is 11.6 Å². The maximum Gasteiger partial charge on any atom is 0.159 e. The van der Waals surface area contributed by atoms with Gasteiger partial charge in [0.25, 0.3) is 0 Å². The molecule has 1 fully saturated rings. The fraction of sp³-hybridized carbons (Fsp3) is 0.538. The summed E-state index contributed by atoms with van der Waals surface area (Å²) in [6.45, 7) is 1.22. The molecule has 2 N–H and O–H groups in total. The van der Waals surface area contributed by atoms with E-state index in [4.69, 9.17) is 0 Å². The van der Waals surface area contributed by atoms with Crippen LogP contribution in [0.2, 0.25) is 0 Å². The second-order valence-electron chi connectivity index (χ2n) is 4.64. The van der Waals surface area contributed by atoms with E-state index in [1.807, 2.05) is 0 Å². The lowest BCUT2D eigenvalue weighted by Gasteiger charge is -2.15. The predicted octanol–water partition coefficient (Wildman–Crippen LogP) is 2.22. The fourth-order valence-electron chi connectivity index (χ4n) is 2.31. The molecule has 17 heavy (non-hydrogen) atoms. The molecule has 1 aliphatic carbocycles. The number of nitrogens with one attached hydrogen (secondary N) is 1. The van der Waals surface area contributed by atoms with Crippen LogP contribution >= 0.6 is 0 Å². The zero-order valence-corrected chi connectivity index (χ0v) is 9.63. The molecule has 0 saturated heterocycles. The maximum absolute atomic E-state index is 12.9. The summed E-state index contributed by atoms with van der Waals surface area (Å²) in [7, 11) is 0. The first kappa shape index (κ1) is 12.5. The van der Waals surface area contributed by atoms with E-state index in [1.165, 1.54) is 6.07 Å². The van der Waals surface area contributed by atoms with Crippen LogP contribution in [0.25, 0.3) is 0 Å². The number of aliphatic hydroxyl groups is 1. The van der Waals surface area contributed by atoms with Crippen molar-refractivity contribution < 1.29 is 13.9 Å².